The van der Waals surface area contributed by atoms with E-state index in [1.54, 1.807) is 12.1 Å². The van der Waals surface area contributed by atoms with E-state index in [4.69, 9.17) is 11.6 Å². The number of halogens is 1. The van der Waals surface area contributed by atoms with Crippen LogP contribution in [0.1, 0.15) is 39.2 Å². The Morgan fingerprint density at radius 1 is 1.14 bits per heavy atom. The molecule has 194 valence electrons. The Labute approximate surface area is 220 Å². The second-order valence-electron chi connectivity index (χ2n) is 9.04. The zero-order chi connectivity index (χ0) is 26.2. The van der Waals surface area contributed by atoms with Gasteiger partial charge in [-0.3, -0.25) is 19.2 Å². The third kappa shape index (κ3) is 7.88. The van der Waals surface area contributed by atoms with Crippen LogP contribution in [0.4, 0.5) is 0 Å². The molecule has 1 atom stereocenters. The number of ketones is 1. The van der Waals surface area contributed by atoms with Gasteiger partial charge in [0.25, 0.3) is 5.91 Å². The molecule has 8 nitrogen and oxygen atoms in total. The van der Waals surface area contributed by atoms with Crippen LogP contribution in [0.5, 0.6) is 0 Å². The van der Waals surface area contributed by atoms with Gasteiger partial charge in [0.1, 0.15) is 6.54 Å². The molecule has 2 aromatic rings. The Morgan fingerprint density at radius 3 is 2.53 bits per heavy atom. The Morgan fingerprint density at radius 2 is 1.86 bits per heavy atom. The van der Waals surface area contributed by atoms with Gasteiger partial charge in [0.15, 0.2) is 5.78 Å². The number of benzene rings is 1. The predicted octanol–water partition coefficient (Wildman–Crippen LogP) is 2.75. The van der Waals surface area contributed by atoms with Gasteiger partial charge in [-0.1, -0.05) is 29.8 Å². The second kappa shape index (κ2) is 13.0. The van der Waals surface area contributed by atoms with Crippen LogP contribution in [0.25, 0.3) is 0 Å². The first-order valence-electron chi connectivity index (χ1n) is 11.8. The lowest BCUT2D eigenvalue weighted by atomic mass is 9.95. The maximum absolute atomic E-state index is 13.3. The molecule has 36 heavy (non-hydrogen) atoms. The molecule has 0 saturated carbocycles. The van der Waals surface area contributed by atoms with Crippen molar-refractivity contribution in [3.05, 3.63) is 56.2 Å². The lowest BCUT2D eigenvalue weighted by molar-refractivity contribution is -0.146. The van der Waals surface area contributed by atoms with Crippen molar-refractivity contribution < 1.29 is 23.9 Å². The van der Waals surface area contributed by atoms with Gasteiger partial charge in [-0.2, -0.15) is 0 Å². The number of ether oxygens (including phenoxy) is 1. The standard InChI is InChI=1S/C26H32ClN3O5S/c1-29-12-10-18-5-4-17(14-19(18)11-13-29)15-21(31)20(28-26(34)22-7-8-23(27)36-22)6-9-24(32)30(2)16-25(33)35-3/h4-5,7-8,14,20H,6,9-13,15-16H2,1-3H3,(H,28,34)/t20-/m1/s1. The molecule has 1 N–H and O–H groups in total. The molecule has 1 aliphatic rings. The van der Waals surface area contributed by atoms with Gasteiger partial charge in [0.05, 0.1) is 22.4 Å². The molecule has 1 aliphatic heterocycles. The number of carbonyl (C=O) groups is 4. The number of esters is 1. The van der Waals surface area contributed by atoms with E-state index in [1.165, 1.54) is 30.2 Å². The van der Waals surface area contributed by atoms with Crippen molar-refractivity contribution in [1.82, 2.24) is 15.1 Å². The summed E-state index contributed by atoms with van der Waals surface area (Å²) in [7, 11) is 4.85. The number of amides is 2. The van der Waals surface area contributed by atoms with Gasteiger partial charge in [0, 0.05) is 33.0 Å². The summed E-state index contributed by atoms with van der Waals surface area (Å²) >= 11 is 7.08. The molecule has 10 heteroatoms. The molecule has 0 aliphatic carbocycles. The van der Waals surface area contributed by atoms with Crippen molar-refractivity contribution in [2.24, 2.45) is 0 Å². The molecule has 2 heterocycles. The van der Waals surface area contributed by atoms with Gasteiger partial charge in [-0.05, 0) is 55.1 Å². The van der Waals surface area contributed by atoms with Crippen molar-refractivity contribution in [3.63, 3.8) is 0 Å². The Bertz CT molecular complexity index is 1120. The van der Waals surface area contributed by atoms with Crippen molar-refractivity contribution in [1.29, 1.82) is 0 Å². The number of methoxy groups -OCH3 is 1. The number of hydrogen-bond donors (Lipinski definition) is 1. The van der Waals surface area contributed by atoms with Gasteiger partial charge in [-0.15, -0.1) is 11.3 Å². The smallest absolute Gasteiger partial charge is 0.325 e. The minimum absolute atomic E-state index is 0.00804. The first-order chi connectivity index (χ1) is 17.2. The van der Waals surface area contributed by atoms with Crippen LogP contribution < -0.4 is 5.32 Å². The Kier molecular flexibility index (Phi) is 10.0. The number of likely N-dealkylation sites (N-methyl/N-ethyl adjacent to an activating group) is 2. The van der Waals surface area contributed by atoms with Crippen LogP contribution in [-0.2, 0) is 38.4 Å². The number of Topliss-reactive ketones (excluding diaryl/α,β-unsaturated/α-hetero) is 1. The molecule has 2 amide bonds. The topological polar surface area (TPSA) is 96.0 Å². The summed E-state index contributed by atoms with van der Waals surface area (Å²) in [5.74, 6) is -1.44. The minimum atomic E-state index is -0.862. The molecular formula is C26H32ClN3O5S. The third-order valence-electron chi connectivity index (χ3n) is 6.33. The maximum Gasteiger partial charge on any atom is 0.325 e. The van der Waals surface area contributed by atoms with Crippen LogP contribution in [0.15, 0.2) is 30.3 Å². The average molecular weight is 534 g/mol. The molecular weight excluding hydrogens is 502 g/mol. The molecule has 0 fully saturated rings. The van der Waals surface area contributed by atoms with E-state index in [-0.39, 0.29) is 37.5 Å². The first kappa shape index (κ1) is 27.8. The van der Waals surface area contributed by atoms with Gasteiger partial charge in [-0.25, -0.2) is 0 Å². The predicted molar refractivity (Wildman–Crippen MR) is 140 cm³/mol. The van der Waals surface area contributed by atoms with Crippen molar-refractivity contribution in [3.8, 4) is 0 Å². The lowest BCUT2D eigenvalue weighted by Crippen LogP contribution is -2.42. The highest BCUT2D eigenvalue weighted by atomic mass is 35.5. The van der Waals surface area contributed by atoms with Gasteiger partial charge >= 0.3 is 5.97 Å². The second-order valence-corrected chi connectivity index (χ2v) is 10.8. The first-order valence-corrected chi connectivity index (χ1v) is 13.0. The summed E-state index contributed by atoms with van der Waals surface area (Å²) in [6.45, 7) is 1.79. The Balaban J connectivity index is 1.71. The summed E-state index contributed by atoms with van der Waals surface area (Å²) in [4.78, 5) is 54.1. The molecule has 1 aromatic carbocycles. The number of fused-ring (bicyclic) bond motifs is 1. The molecule has 0 spiro atoms. The summed E-state index contributed by atoms with van der Waals surface area (Å²) < 4.78 is 5.07. The number of thiophene rings is 1. The number of nitrogens with zero attached hydrogens (tertiary/aromatic N) is 2. The fourth-order valence-corrected chi connectivity index (χ4v) is 5.06. The van der Waals surface area contributed by atoms with E-state index in [0.29, 0.717) is 9.21 Å². The van der Waals surface area contributed by atoms with Crippen LogP contribution in [0.3, 0.4) is 0 Å². The largest absolute Gasteiger partial charge is 0.468 e. The van der Waals surface area contributed by atoms with Crippen LogP contribution in [0.2, 0.25) is 4.34 Å². The van der Waals surface area contributed by atoms with Crippen molar-refractivity contribution in [2.45, 2.75) is 38.1 Å². The highest BCUT2D eigenvalue weighted by Crippen LogP contribution is 2.22. The molecule has 0 saturated heterocycles. The van der Waals surface area contributed by atoms with E-state index in [1.807, 2.05) is 6.07 Å². The molecule has 1 aromatic heterocycles. The Hall–Kier alpha value is -2.75. The number of nitrogens with one attached hydrogen (secondary N) is 1. The quantitative estimate of drug-likeness (QED) is 0.472. The zero-order valence-electron chi connectivity index (χ0n) is 20.8. The van der Waals surface area contributed by atoms with Crippen LogP contribution in [0, 0.1) is 0 Å². The minimum Gasteiger partial charge on any atom is -0.468 e. The number of hydrogen-bond acceptors (Lipinski definition) is 7. The fraction of sp³-hybridized carbons (Fsp3) is 0.462. The zero-order valence-corrected chi connectivity index (χ0v) is 22.4. The van der Waals surface area contributed by atoms with E-state index in [2.05, 4.69) is 34.1 Å². The van der Waals surface area contributed by atoms with Crippen molar-refractivity contribution in [2.75, 3.05) is 40.8 Å². The fourth-order valence-electron chi connectivity index (χ4n) is 4.11. The van der Waals surface area contributed by atoms with E-state index >= 15 is 0 Å². The normalized spacial score (nSPS) is 14.3. The SMILES string of the molecule is COC(=O)CN(C)C(=O)CC[C@@H](NC(=O)c1ccc(Cl)s1)C(=O)Cc1ccc2c(c1)CCN(C)CC2. The van der Waals surface area contributed by atoms with E-state index in [0.717, 1.165) is 42.8 Å². The summed E-state index contributed by atoms with van der Waals surface area (Å²) in [6.07, 6.45) is 2.15. The van der Waals surface area contributed by atoms with E-state index < -0.39 is 17.9 Å². The maximum atomic E-state index is 13.3. The van der Waals surface area contributed by atoms with Gasteiger partial charge in [0.2, 0.25) is 5.91 Å². The molecule has 3 rings (SSSR count). The molecule has 0 unspecified atom stereocenters. The monoisotopic (exact) mass is 533 g/mol. The molecule has 0 radical (unpaired) electrons. The number of carbonyl (C=O) groups excluding carboxylic acids is 4. The molecule has 0 bridgehead atoms. The van der Waals surface area contributed by atoms with Gasteiger partial charge < -0.3 is 19.9 Å². The lowest BCUT2D eigenvalue weighted by Gasteiger charge is -2.20. The highest BCUT2D eigenvalue weighted by molar-refractivity contribution is 7.18. The van der Waals surface area contributed by atoms with Crippen LogP contribution >= 0.6 is 22.9 Å². The summed E-state index contributed by atoms with van der Waals surface area (Å²) in [6, 6.07) is 8.50. The van der Waals surface area contributed by atoms with Crippen molar-refractivity contribution >= 4 is 46.5 Å². The highest BCUT2D eigenvalue weighted by Gasteiger charge is 2.25. The number of rotatable bonds is 10. The summed E-state index contributed by atoms with van der Waals surface area (Å²) in [5, 5.41) is 2.79. The van der Waals surface area contributed by atoms with E-state index in [9.17, 15) is 19.2 Å². The third-order valence-corrected chi connectivity index (χ3v) is 7.56. The summed E-state index contributed by atoms with van der Waals surface area (Å²) in [5.41, 5.74) is 3.43. The average Bonchev–Trinajstić information content (AvgIpc) is 3.21. The van der Waals surface area contributed by atoms with Crippen LogP contribution in [-0.4, -0.2) is 80.2 Å².